The zero-order valence-corrected chi connectivity index (χ0v) is 16.8. The molecule has 0 unspecified atom stereocenters. The lowest BCUT2D eigenvalue weighted by Crippen LogP contribution is -2.37. The molecule has 0 atom stereocenters. The molecule has 2 aromatic carbocycles. The summed E-state index contributed by atoms with van der Waals surface area (Å²) in [7, 11) is 0. The van der Waals surface area contributed by atoms with E-state index in [9.17, 15) is 8.78 Å². The van der Waals surface area contributed by atoms with Crippen molar-refractivity contribution in [3.8, 4) is 5.75 Å². The molecular formula is C22H25F2N5O. The fourth-order valence-electron chi connectivity index (χ4n) is 2.98. The van der Waals surface area contributed by atoms with Crippen molar-refractivity contribution in [1.82, 2.24) is 20.4 Å². The highest BCUT2D eigenvalue weighted by Gasteiger charge is 2.09. The van der Waals surface area contributed by atoms with Crippen LogP contribution in [-0.4, -0.2) is 28.9 Å². The zero-order chi connectivity index (χ0) is 21.2. The third kappa shape index (κ3) is 6.30. The van der Waals surface area contributed by atoms with Crippen LogP contribution in [0.3, 0.4) is 0 Å². The maximum Gasteiger partial charge on any atom is 0.387 e. The summed E-state index contributed by atoms with van der Waals surface area (Å²) in [5.41, 5.74) is 2.87. The number of nitrogens with zero attached hydrogens (tertiary/aromatic N) is 3. The van der Waals surface area contributed by atoms with E-state index in [4.69, 9.17) is 0 Å². The number of para-hydroxylation sites is 1. The number of hydrogen-bond acceptors (Lipinski definition) is 3. The summed E-state index contributed by atoms with van der Waals surface area (Å²) in [6.45, 7) is 1.24. The standard InChI is InChI=1S/C22H25F2N5O/c1-2-25-22(27-15-18-9-5-6-11-20(18)30-21(23)24)26-14-17-8-3-4-10-19(17)16-29-13-7-12-28-29/h3-13,21H,2,14-16H2,1H3,(H2,25,26,27). The van der Waals surface area contributed by atoms with Gasteiger partial charge in [0.25, 0.3) is 0 Å². The second-order valence-electron chi connectivity index (χ2n) is 6.51. The van der Waals surface area contributed by atoms with Crippen molar-refractivity contribution in [2.24, 2.45) is 4.99 Å². The molecule has 0 saturated carbocycles. The van der Waals surface area contributed by atoms with E-state index < -0.39 is 6.61 Å². The van der Waals surface area contributed by atoms with Gasteiger partial charge in [0.15, 0.2) is 5.96 Å². The van der Waals surface area contributed by atoms with E-state index in [0.29, 0.717) is 31.2 Å². The molecule has 0 aliphatic rings. The van der Waals surface area contributed by atoms with Gasteiger partial charge >= 0.3 is 6.61 Å². The van der Waals surface area contributed by atoms with E-state index in [1.54, 1.807) is 24.4 Å². The largest absolute Gasteiger partial charge is 0.434 e. The molecule has 2 N–H and O–H groups in total. The Morgan fingerprint density at radius 1 is 1.03 bits per heavy atom. The Kier molecular flexibility index (Phi) is 7.77. The van der Waals surface area contributed by atoms with Gasteiger partial charge in [0.05, 0.1) is 13.1 Å². The Bertz CT molecular complexity index is 944. The molecule has 0 bridgehead atoms. The predicted molar refractivity (Wildman–Crippen MR) is 113 cm³/mol. The first-order chi connectivity index (χ1) is 14.7. The van der Waals surface area contributed by atoms with Crippen LogP contribution in [0.25, 0.3) is 0 Å². The van der Waals surface area contributed by atoms with E-state index in [0.717, 1.165) is 11.1 Å². The highest BCUT2D eigenvalue weighted by molar-refractivity contribution is 5.79. The van der Waals surface area contributed by atoms with E-state index in [-0.39, 0.29) is 12.3 Å². The molecule has 8 heteroatoms. The summed E-state index contributed by atoms with van der Waals surface area (Å²) >= 11 is 0. The minimum absolute atomic E-state index is 0.136. The maximum atomic E-state index is 12.6. The highest BCUT2D eigenvalue weighted by Crippen LogP contribution is 2.21. The van der Waals surface area contributed by atoms with Crippen LogP contribution in [0.2, 0.25) is 0 Å². The highest BCUT2D eigenvalue weighted by atomic mass is 19.3. The molecule has 0 aliphatic heterocycles. The minimum Gasteiger partial charge on any atom is -0.434 e. The summed E-state index contributed by atoms with van der Waals surface area (Å²) in [6.07, 6.45) is 3.68. The van der Waals surface area contributed by atoms with Crippen LogP contribution in [0.15, 0.2) is 72.0 Å². The topological polar surface area (TPSA) is 63.5 Å². The van der Waals surface area contributed by atoms with Crippen LogP contribution in [0.4, 0.5) is 8.78 Å². The van der Waals surface area contributed by atoms with Crippen LogP contribution < -0.4 is 15.4 Å². The van der Waals surface area contributed by atoms with E-state index in [2.05, 4.69) is 37.6 Å². The van der Waals surface area contributed by atoms with Gasteiger partial charge in [-0.2, -0.15) is 13.9 Å². The minimum atomic E-state index is -2.87. The second kappa shape index (κ2) is 10.9. The molecule has 1 heterocycles. The smallest absolute Gasteiger partial charge is 0.387 e. The molecule has 0 spiro atoms. The number of aliphatic imine (C=N–C) groups is 1. The molecule has 158 valence electrons. The normalized spacial score (nSPS) is 11.5. The number of halogens is 2. The average Bonchev–Trinajstić information content (AvgIpc) is 3.25. The molecule has 6 nitrogen and oxygen atoms in total. The van der Waals surface area contributed by atoms with Crippen LogP contribution >= 0.6 is 0 Å². The second-order valence-corrected chi connectivity index (χ2v) is 6.51. The quantitative estimate of drug-likeness (QED) is 0.414. The number of nitrogens with one attached hydrogen (secondary N) is 2. The van der Waals surface area contributed by atoms with Gasteiger partial charge in [-0.1, -0.05) is 42.5 Å². The summed E-state index contributed by atoms with van der Waals surface area (Å²) in [5.74, 6) is 0.731. The van der Waals surface area contributed by atoms with Crippen molar-refractivity contribution < 1.29 is 13.5 Å². The number of guanidine groups is 1. The number of hydrogen-bond donors (Lipinski definition) is 2. The fraction of sp³-hybridized carbons (Fsp3) is 0.273. The number of benzene rings is 2. The summed E-state index contributed by atoms with van der Waals surface area (Å²) in [5, 5.41) is 10.8. The molecule has 0 aliphatic carbocycles. The Morgan fingerprint density at radius 3 is 2.47 bits per heavy atom. The maximum absolute atomic E-state index is 12.6. The van der Waals surface area contributed by atoms with Gasteiger partial charge in [0, 0.05) is 31.0 Å². The van der Waals surface area contributed by atoms with Gasteiger partial charge in [0.1, 0.15) is 5.75 Å². The van der Waals surface area contributed by atoms with Gasteiger partial charge in [-0.25, -0.2) is 4.99 Å². The van der Waals surface area contributed by atoms with Crippen LogP contribution in [0.1, 0.15) is 23.6 Å². The average molecular weight is 413 g/mol. The van der Waals surface area contributed by atoms with E-state index in [1.165, 1.54) is 6.07 Å². The third-order valence-corrected chi connectivity index (χ3v) is 4.40. The number of rotatable bonds is 9. The van der Waals surface area contributed by atoms with Gasteiger partial charge in [-0.3, -0.25) is 4.68 Å². The Labute approximate surface area is 174 Å². The molecule has 3 rings (SSSR count). The van der Waals surface area contributed by atoms with Crippen molar-refractivity contribution in [2.75, 3.05) is 6.54 Å². The molecule has 3 aromatic rings. The number of aromatic nitrogens is 2. The molecule has 0 amide bonds. The van der Waals surface area contributed by atoms with Crippen molar-refractivity contribution in [1.29, 1.82) is 0 Å². The van der Waals surface area contributed by atoms with Gasteiger partial charge in [0.2, 0.25) is 0 Å². The van der Waals surface area contributed by atoms with Gasteiger partial charge in [-0.05, 0) is 30.2 Å². The monoisotopic (exact) mass is 413 g/mol. The Balaban J connectivity index is 1.68. The predicted octanol–water partition coefficient (Wildman–Crippen LogP) is 3.79. The fourth-order valence-corrected chi connectivity index (χ4v) is 2.98. The van der Waals surface area contributed by atoms with Crippen LogP contribution in [-0.2, 0) is 19.6 Å². The molecule has 30 heavy (non-hydrogen) atoms. The molecular weight excluding hydrogens is 388 g/mol. The third-order valence-electron chi connectivity index (χ3n) is 4.40. The van der Waals surface area contributed by atoms with Gasteiger partial charge < -0.3 is 15.4 Å². The number of ether oxygens (including phenoxy) is 1. The van der Waals surface area contributed by atoms with Crippen LogP contribution in [0.5, 0.6) is 5.75 Å². The SMILES string of the molecule is CCNC(=NCc1ccccc1OC(F)F)NCc1ccccc1Cn1cccn1. The zero-order valence-electron chi connectivity index (χ0n) is 16.8. The number of alkyl halides is 2. The first-order valence-electron chi connectivity index (χ1n) is 9.74. The van der Waals surface area contributed by atoms with Crippen molar-refractivity contribution in [3.05, 3.63) is 83.7 Å². The molecule has 1 aromatic heterocycles. The lowest BCUT2D eigenvalue weighted by atomic mass is 10.1. The van der Waals surface area contributed by atoms with Crippen LogP contribution in [0, 0.1) is 0 Å². The van der Waals surface area contributed by atoms with Crippen molar-refractivity contribution >= 4 is 5.96 Å². The first-order valence-corrected chi connectivity index (χ1v) is 9.74. The van der Waals surface area contributed by atoms with E-state index >= 15 is 0 Å². The lowest BCUT2D eigenvalue weighted by molar-refractivity contribution is -0.0504. The summed E-state index contributed by atoms with van der Waals surface area (Å²) in [6, 6.07) is 16.7. The summed E-state index contributed by atoms with van der Waals surface area (Å²) < 4.78 is 31.7. The molecule has 0 saturated heterocycles. The molecule has 0 fully saturated rings. The summed E-state index contributed by atoms with van der Waals surface area (Å²) in [4.78, 5) is 4.52. The van der Waals surface area contributed by atoms with E-state index in [1.807, 2.05) is 36.0 Å². The Hall–Kier alpha value is -3.42. The molecule has 0 radical (unpaired) electrons. The van der Waals surface area contributed by atoms with Crippen molar-refractivity contribution in [3.63, 3.8) is 0 Å². The first kappa shape index (κ1) is 21.3. The van der Waals surface area contributed by atoms with Gasteiger partial charge in [-0.15, -0.1) is 0 Å². The van der Waals surface area contributed by atoms with Crippen molar-refractivity contribution in [2.45, 2.75) is 33.2 Å². The lowest BCUT2D eigenvalue weighted by Gasteiger charge is -2.15. The Morgan fingerprint density at radius 2 is 1.77 bits per heavy atom.